The van der Waals surface area contributed by atoms with Gasteiger partial charge in [0, 0.05) is 48.2 Å². The predicted molar refractivity (Wildman–Crippen MR) is 97.3 cm³/mol. The maximum Gasteiger partial charge on any atom is 0.251 e. The highest BCUT2D eigenvalue weighted by Gasteiger charge is 2.11. The molecule has 0 atom stereocenters. The topological polar surface area (TPSA) is 65.2 Å². The molecule has 0 unspecified atom stereocenters. The molecule has 0 saturated heterocycles. The Bertz CT molecular complexity index is 730. The van der Waals surface area contributed by atoms with Crippen molar-refractivity contribution in [3.63, 3.8) is 0 Å². The van der Waals surface area contributed by atoms with Crippen LogP contribution in [-0.2, 0) is 4.79 Å². The van der Waals surface area contributed by atoms with Crippen molar-refractivity contribution in [2.24, 2.45) is 0 Å². The number of carbonyl (C=O) groups is 2. The first-order valence-electron chi connectivity index (χ1n) is 8.62. The first-order valence-corrected chi connectivity index (χ1v) is 8.62. The quantitative estimate of drug-likeness (QED) is 0.766. The summed E-state index contributed by atoms with van der Waals surface area (Å²) in [4.78, 5) is 29.3. The van der Waals surface area contributed by atoms with Crippen LogP contribution in [-0.4, -0.2) is 41.3 Å². The molecular weight excluding hydrogens is 302 g/mol. The number of aromatic nitrogens is 1. The lowest BCUT2D eigenvalue weighted by atomic mass is 10.1. The van der Waals surface area contributed by atoms with Crippen LogP contribution in [0.25, 0.3) is 10.9 Å². The number of aryl methyl sites for hydroxylation is 2. The van der Waals surface area contributed by atoms with Crippen molar-refractivity contribution in [1.82, 2.24) is 15.2 Å². The van der Waals surface area contributed by atoms with Crippen LogP contribution in [0.1, 0.15) is 48.3 Å². The fraction of sp³-hybridized carbons (Fsp3) is 0.474. The number of hydrogen-bond donors (Lipinski definition) is 2. The SMILES string of the molecule is CCN(CC)C(=O)CCCNC(=O)c1ccc2[nH]c(C)c(C)c2c1. The molecular formula is C19H27N3O2. The molecule has 130 valence electrons. The predicted octanol–water partition coefficient (Wildman–Crippen LogP) is 3.16. The van der Waals surface area contributed by atoms with E-state index in [9.17, 15) is 9.59 Å². The van der Waals surface area contributed by atoms with Crippen LogP contribution in [0.3, 0.4) is 0 Å². The van der Waals surface area contributed by atoms with Crippen molar-refractivity contribution in [3.8, 4) is 0 Å². The van der Waals surface area contributed by atoms with E-state index in [0.717, 1.165) is 29.7 Å². The summed E-state index contributed by atoms with van der Waals surface area (Å²) in [6, 6.07) is 5.69. The van der Waals surface area contributed by atoms with Crippen molar-refractivity contribution in [1.29, 1.82) is 0 Å². The van der Waals surface area contributed by atoms with Gasteiger partial charge in [-0.05, 0) is 57.9 Å². The standard InChI is InChI=1S/C19H27N3O2/c1-5-22(6-2)18(23)8-7-11-20-19(24)15-9-10-17-16(12-15)13(3)14(4)21-17/h9-10,12,21H,5-8,11H2,1-4H3,(H,20,24). The zero-order chi connectivity index (χ0) is 17.7. The number of aromatic amines is 1. The van der Waals surface area contributed by atoms with E-state index in [2.05, 4.69) is 17.2 Å². The molecule has 1 aromatic carbocycles. The van der Waals surface area contributed by atoms with Gasteiger partial charge < -0.3 is 15.2 Å². The van der Waals surface area contributed by atoms with Gasteiger partial charge in [0.1, 0.15) is 0 Å². The van der Waals surface area contributed by atoms with Gasteiger partial charge in [-0.2, -0.15) is 0 Å². The van der Waals surface area contributed by atoms with Crippen molar-refractivity contribution >= 4 is 22.7 Å². The molecule has 0 fully saturated rings. The molecule has 0 aliphatic heterocycles. The number of nitrogens with zero attached hydrogens (tertiary/aromatic N) is 1. The Labute approximate surface area is 143 Å². The third-order valence-corrected chi connectivity index (χ3v) is 4.54. The lowest BCUT2D eigenvalue weighted by Gasteiger charge is -2.18. The third kappa shape index (κ3) is 3.96. The van der Waals surface area contributed by atoms with E-state index in [1.54, 1.807) is 0 Å². The van der Waals surface area contributed by atoms with Crippen molar-refractivity contribution in [3.05, 3.63) is 35.0 Å². The van der Waals surface area contributed by atoms with E-state index in [-0.39, 0.29) is 11.8 Å². The number of amides is 2. The molecule has 0 bridgehead atoms. The second-order valence-electron chi connectivity index (χ2n) is 6.06. The zero-order valence-electron chi connectivity index (χ0n) is 15.0. The Kier molecular flexibility index (Phi) is 6.01. The largest absolute Gasteiger partial charge is 0.358 e. The monoisotopic (exact) mass is 329 g/mol. The van der Waals surface area contributed by atoms with E-state index in [4.69, 9.17) is 0 Å². The lowest BCUT2D eigenvalue weighted by Crippen LogP contribution is -2.31. The Morgan fingerprint density at radius 1 is 1.17 bits per heavy atom. The van der Waals surface area contributed by atoms with Gasteiger partial charge in [-0.3, -0.25) is 9.59 Å². The van der Waals surface area contributed by atoms with Gasteiger partial charge in [0.2, 0.25) is 5.91 Å². The summed E-state index contributed by atoms with van der Waals surface area (Å²) in [7, 11) is 0. The van der Waals surface area contributed by atoms with E-state index >= 15 is 0 Å². The first-order chi connectivity index (χ1) is 11.5. The van der Waals surface area contributed by atoms with Crippen LogP contribution in [0.5, 0.6) is 0 Å². The second kappa shape index (κ2) is 7.99. The van der Waals surface area contributed by atoms with Crippen LogP contribution in [0.4, 0.5) is 0 Å². The molecule has 2 rings (SSSR count). The Morgan fingerprint density at radius 3 is 2.54 bits per heavy atom. The van der Waals surface area contributed by atoms with Crippen LogP contribution in [0.15, 0.2) is 18.2 Å². The van der Waals surface area contributed by atoms with E-state index in [0.29, 0.717) is 24.9 Å². The highest BCUT2D eigenvalue weighted by molar-refractivity contribution is 5.99. The van der Waals surface area contributed by atoms with E-state index in [1.807, 2.05) is 43.9 Å². The molecule has 2 aromatic rings. The van der Waals surface area contributed by atoms with Gasteiger partial charge in [-0.1, -0.05) is 0 Å². The van der Waals surface area contributed by atoms with Gasteiger partial charge >= 0.3 is 0 Å². The summed E-state index contributed by atoms with van der Waals surface area (Å²) in [5.41, 5.74) is 3.99. The number of H-pyrrole nitrogens is 1. The average molecular weight is 329 g/mol. The Morgan fingerprint density at radius 2 is 1.88 bits per heavy atom. The molecule has 0 aliphatic rings. The van der Waals surface area contributed by atoms with Gasteiger partial charge in [0.25, 0.3) is 5.91 Å². The highest BCUT2D eigenvalue weighted by Crippen LogP contribution is 2.22. The molecule has 5 nitrogen and oxygen atoms in total. The minimum absolute atomic E-state index is 0.0922. The number of hydrogen-bond acceptors (Lipinski definition) is 2. The van der Waals surface area contributed by atoms with Gasteiger partial charge in [0.05, 0.1) is 0 Å². The maximum atomic E-state index is 12.3. The molecule has 5 heteroatoms. The molecule has 0 saturated carbocycles. The number of carbonyl (C=O) groups excluding carboxylic acids is 2. The normalized spacial score (nSPS) is 10.8. The summed E-state index contributed by atoms with van der Waals surface area (Å²) in [5.74, 6) is 0.0551. The van der Waals surface area contributed by atoms with Crippen molar-refractivity contribution in [2.75, 3.05) is 19.6 Å². The molecule has 2 N–H and O–H groups in total. The van der Waals surface area contributed by atoms with Crippen LogP contribution >= 0.6 is 0 Å². The molecule has 1 aromatic heterocycles. The van der Waals surface area contributed by atoms with Gasteiger partial charge in [0.15, 0.2) is 0 Å². The maximum absolute atomic E-state index is 12.3. The second-order valence-corrected chi connectivity index (χ2v) is 6.06. The Balaban J connectivity index is 1.89. The summed E-state index contributed by atoms with van der Waals surface area (Å²) < 4.78 is 0. The van der Waals surface area contributed by atoms with Crippen LogP contribution in [0.2, 0.25) is 0 Å². The number of benzene rings is 1. The highest BCUT2D eigenvalue weighted by atomic mass is 16.2. The minimum atomic E-state index is -0.0922. The molecule has 0 aliphatic carbocycles. The average Bonchev–Trinajstić information content (AvgIpc) is 2.86. The fourth-order valence-corrected chi connectivity index (χ4v) is 2.88. The van der Waals surface area contributed by atoms with Gasteiger partial charge in [-0.25, -0.2) is 0 Å². The lowest BCUT2D eigenvalue weighted by molar-refractivity contribution is -0.130. The Hall–Kier alpha value is -2.30. The number of rotatable bonds is 7. The summed E-state index contributed by atoms with van der Waals surface area (Å²) >= 11 is 0. The van der Waals surface area contributed by atoms with Crippen LogP contribution in [0, 0.1) is 13.8 Å². The minimum Gasteiger partial charge on any atom is -0.358 e. The molecule has 0 spiro atoms. The van der Waals surface area contributed by atoms with Gasteiger partial charge in [-0.15, -0.1) is 0 Å². The summed E-state index contributed by atoms with van der Waals surface area (Å²) in [6.45, 7) is 10.0. The van der Waals surface area contributed by atoms with Crippen molar-refractivity contribution in [2.45, 2.75) is 40.5 Å². The van der Waals surface area contributed by atoms with Crippen LogP contribution < -0.4 is 5.32 Å². The smallest absolute Gasteiger partial charge is 0.251 e. The molecule has 0 radical (unpaired) electrons. The number of nitrogens with one attached hydrogen (secondary N) is 2. The summed E-state index contributed by atoms with van der Waals surface area (Å²) in [5, 5.41) is 3.98. The zero-order valence-corrected chi connectivity index (χ0v) is 15.0. The number of fused-ring (bicyclic) bond motifs is 1. The fourth-order valence-electron chi connectivity index (χ4n) is 2.88. The summed E-state index contributed by atoms with van der Waals surface area (Å²) in [6.07, 6.45) is 1.13. The van der Waals surface area contributed by atoms with Crippen molar-refractivity contribution < 1.29 is 9.59 Å². The molecule has 24 heavy (non-hydrogen) atoms. The third-order valence-electron chi connectivity index (χ3n) is 4.54. The van der Waals surface area contributed by atoms with E-state index in [1.165, 1.54) is 5.56 Å². The molecule has 2 amide bonds. The van der Waals surface area contributed by atoms with E-state index < -0.39 is 0 Å². The first kappa shape index (κ1) is 18.0. The molecule has 1 heterocycles.